The van der Waals surface area contributed by atoms with Crippen LogP contribution in [0.5, 0.6) is 0 Å². The highest BCUT2D eigenvalue weighted by Gasteiger charge is 2.51. The number of nitrogens with one attached hydrogen (secondary N) is 2. The molecule has 5 rings (SSSR count). The Hall–Kier alpha value is -1.59. The third-order valence-electron chi connectivity index (χ3n) is 7.26. The van der Waals surface area contributed by atoms with Gasteiger partial charge in [-0.1, -0.05) is 0 Å². The van der Waals surface area contributed by atoms with E-state index in [9.17, 15) is 14.4 Å². The third-order valence-corrected chi connectivity index (χ3v) is 7.26. The lowest BCUT2D eigenvalue weighted by atomic mass is 9.49. The topological polar surface area (TPSA) is 78.5 Å². The minimum absolute atomic E-state index is 0.00773. The molecule has 1 heterocycles. The first kappa shape index (κ1) is 17.8. The maximum Gasteiger partial charge on any atom is 0.243 e. The molecule has 4 aliphatic carbocycles. The van der Waals surface area contributed by atoms with Gasteiger partial charge in [-0.3, -0.25) is 25.2 Å². The third kappa shape index (κ3) is 3.60. The Bertz CT molecular complexity index is 568. The normalized spacial score (nSPS) is 38.1. The molecule has 3 amide bonds. The van der Waals surface area contributed by atoms with Crippen LogP contribution in [0.15, 0.2) is 0 Å². The van der Waals surface area contributed by atoms with E-state index in [1.54, 1.807) is 4.90 Å². The standard InChI is InChI=1S/C20H31N3O3/c1-13(24)23-4-2-3-17(12-23)19(26)22-21-18(25)11-20-8-14-5-15(9-20)7-16(6-14)10-20/h14-17H,2-12H2,1H3,(H,21,25)(H,22,26)/t14?,15?,16?,17-,20?/m0/s1. The number of likely N-dealkylation sites (tertiary alicyclic amines) is 1. The average molecular weight is 361 g/mol. The predicted octanol–water partition coefficient (Wildman–Crippen LogP) is 2.00. The van der Waals surface area contributed by atoms with E-state index < -0.39 is 0 Å². The molecule has 0 aromatic heterocycles. The van der Waals surface area contributed by atoms with Crippen molar-refractivity contribution in [3.05, 3.63) is 0 Å². The molecular formula is C20H31N3O3. The number of hydrogen-bond acceptors (Lipinski definition) is 3. The number of carbonyl (C=O) groups is 3. The van der Waals surface area contributed by atoms with Crippen molar-refractivity contribution in [3.63, 3.8) is 0 Å². The fraction of sp³-hybridized carbons (Fsp3) is 0.850. The van der Waals surface area contributed by atoms with Crippen LogP contribution < -0.4 is 10.9 Å². The van der Waals surface area contributed by atoms with Crippen LogP contribution in [0.3, 0.4) is 0 Å². The average Bonchev–Trinajstić information content (AvgIpc) is 2.58. The molecule has 0 unspecified atom stereocenters. The maximum atomic E-state index is 12.5. The summed E-state index contributed by atoms with van der Waals surface area (Å²) < 4.78 is 0. The number of hydrogen-bond donors (Lipinski definition) is 2. The first-order chi connectivity index (χ1) is 12.4. The molecular weight excluding hydrogens is 330 g/mol. The zero-order valence-electron chi connectivity index (χ0n) is 15.8. The summed E-state index contributed by atoms with van der Waals surface area (Å²) in [6, 6.07) is 0. The molecule has 2 N–H and O–H groups in total. The molecule has 144 valence electrons. The lowest BCUT2D eigenvalue weighted by Crippen LogP contribution is -2.52. The summed E-state index contributed by atoms with van der Waals surface area (Å²) in [6.45, 7) is 2.71. The van der Waals surface area contributed by atoms with E-state index in [-0.39, 0.29) is 29.1 Å². The largest absolute Gasteiger partial charge is 0.342 e. The molecule has 0 aromatic carbocycles. The fourth-order valence-electron chi connectivity index (χ4n) is 6.60. The number of piperidine rings is 1. The van der Waals surface area contributed by atoms with Crippen LogP contribution in [0, 0.1) is 29.1 Å². The molecule has 6 heteroatoms. The predicted molar refractivity (Wildman–Crippen MR) is 96.5 cm³/mol. The molecule has 4 bridgehead atoms. The number of hydrazine groups is 1. The van der Waals surface area contributed by atoms with Crippen LogP contribution in [-0.2, 0) is 14.4 Å². The Kier molecular flexibility index (Phi) is 4.70. The molecule has 5 fully saturated rings. The number of carbonyl (C=O) groups excluding carboxylic acids is 3. The smallest absolute Gasteiger partial charge is 0.243 e. The van der Waals surface area contributed by atoms with Gasteiger partial charge in [-0.25, -0.2) is 0 Å². The molecule has 0 aromatic rings. The molecule has 26 heavy (non-hydrogen) atoms. The molecule has 5 aliphatic rings. The van der Waals surface area contributed by atoms with Crippen molar-refractivity contribution >= 4 is 17.7 Å². The first-order valence-electron chi connectivity index (χ1n) is 10.3. The Morgan fingerprint density at radius 2 is 1.62 bits per heavy atom. The Balaban J connectivity index is 1.26. The highest BCUT2D eigenvalue weighted by atomic mass is 16.2. The number of rotatable bonds is 3. The Morgan fingerprint density at radius 1 is 1.00 bits per heavy atom. The van der Waals surface area contributed by atoms with Gasteiger partial charge in [0.1, 0.15) is 0 Å². The van der Waals surface area contributed by atoms with Crippen molar-refractivity contribution in [2.45, 2.75) is 64.7 Å². The molecule has 1 saturated heterocycles. The summed E-state index contributed by atoms with van der Waals surface area (Å²) in [5, 5.41) is 0. The summed E-state index contributed by atoms with van der Waals surface area (Å²) >= 11 is 0. The lowest BCUT2D eigenvalue weighted by molar-refractivity contribution is -0.138. The van der Waals surface area contributed by atoms with Gasteiger partial charge >= 0.3 is 0 Å². The van der Waals surface area contributed by atoms with Gasteiger partial charge in [-0.05, 0) is 74.5 Å². The van der Waals surface area contributed by atoms with Gasteiger partial charge in [0.2, 0.25) is 17.7 Å². The quantitative estimate of drug-likeness (QED) is 0.755. The van der Waals surface area contributed by atoms with Crippen LogP contribution in [-0.4, -0.2) is 35.7 Å². The van der Waals surface area contributed by atoms with Crippen LogP contribution in [0.4, 0.5) is 0 Å². The first-order valence-corrected chi connectivity index (χ1v) is 10.3. The summed E-state index contributed by atoms with van der Waals surface area (Å²) in [7, 11) is 0. The van der Waals surface area contributed by atoms with E-state index in [2.05, 4.69) is 10.9 Å². The van der Waals surface area contributed by atoms with Gasteiger partial charge < -0.3 is 4.90 Å². The minimum Gasteiger partial charge on any atom is -0.342 e. The second kappa shape index (κ2) is 6.86. The monoisotopic (exact) mass is 361 g/mol. The van der Waals surface area contributed by atoms with Crippen molar-refractivity contribution in [2.24, 2.45) is 29.1 Å². The van der Waals surface area contributed by atoms with Crippen molar-refractivity contribution in [2.75, 3.05) is 13.1 Å². The summed E-state index contributed by atoms with van der Waals surface area (Å²) in [5.74, 6) is 2.02. The van der Waals surface area contributed by atoms with Gasteiger partial charge in [0, 0.05) is 26.4 Å². The molecule has 0 radical (unpaired) electrons. The van der Waals surface area contributed by atoms with Gasteiger partial charge in [0.25, 0.3) is 0 Å². The van der Waals surface area contributed by atoms with E-state index in [1.807, 2.05) is 0 Å². The summed E-state index contributed by atoms with van der Waals surface area (Å²) in [6.07, 6.45) is 9.81. The minimum atomic E-state index is -0.229. The van der Waals surface area contributed by atoms with E-state index >= 15 is 0 Å². The van der Waals surface area contributed by atoms with Crippen molar-refractivity contribution < 1.29 is 14.4 Å². The Labute approximate surface area is 155 Å². The number of nitrogens with zero attached hydrogens (tertiary/aromatic N) is 1. The summed E-state index contributed by atoms with van der Waals surface area (Å²) in [5.41, 5.74) is 5.45. The fourth-order valence-corrected chi connectivity index (χ4v) is 6.60. The van der Waals surface area contributed by atoms with Gasteiger partial charge in [-0.2, -0.15) is 0 Å². The Morgan fingerprint density at radius 3 is 2.19 bits per heavy atom. The number of amides is 3. The molecule has 4 saturated carbocycles. The molecule has 0 spiro atoms. The van der Waals surface area contributed by atoms with Crippen molar-refractivity contribution in [3.8, 4) is 0 Å². The molecule has 6 nitrogen and oxygen atoms in total. The highest BCUT2D eigenvalue weighted by Crippen LogP contribution is 2.61. The van der Waals surface area contributed by atoms with Crippen LogP contribution in [0.2, 0.25) is 0 Å². The second-order valence-electron chi connectivity index (χ2n) is 9.44. The van der Waals surface area contributed by atoms with Crippen LogP contribution >= 0.6 is 0 Å². The van der Waals surface area contributed by atoms with Gasteiger partial charge in [0.05, 0.1) is 5.92 Å². The maximum absolute atomic E-state index is 12.5. The van der Waals surface area contributed by atoms with Crippen LogP contribution in [0.25, 0.3) is 0 Å². The SMILES string of the molecule is CC(=O)N1CCC[C@H](C(=O)NNC(=O)CC23CC4CC(CC(C4)C2)C3)C1. The van der Waals surface area contributed by atoms with E-state index in [1.165, 1.54) is 45.4 Å². The second-order valence-corrected chi connectivity index (χ2v) is 9.44. The zero-order chi connectivity index (χ0) is 18.3. The van der Waals surface area contributed by atoms with E-state index in [4.69, 9.17) is 0 Å². The van der Waals surface area contributed by atoms with Crippen molar-refractivity contribution in [1.82, 2.24) is 15.8 Å². The zero-order valence-corrected chi connectivity index (χ0v) is 15.8. The van der Waals surface area contributed by atoms with Gasteiger partial charge in [-0.15, -0.1) is 0 Å². The summed E-state index contributed by atoms with van der Waals surface area (Å²) in [4.78, 5) is 38.1. The molecule has 1 atom stereocenters. The molecule has 1 aliphatic heterocycles. The lowest BCUT2D eigenvalue weighted by Gasteiger charge is -2.56. The highest BCUT2D eigenvalue weighted by molar-refractivity contribution is 5.84. The van der Waals surface area contributed by atoms with Crippen molar-refractivity contribution in [1.29, 1.82) is 0 Å². The van der Waals surface area contributed by atoms with E-state index in [0.717, 1.165) is 37.1 Å². The van der Waals surface area contributed by atoms with Gasteiger partial charge in [0.15, 0.2) is 0 Å². The van der Waals surface area contributed by atoms with E-state index in [0.29, 0.717) is 13.0 Å². The van der Waals surface area contributed by atoms with Crippen LogP contribution in [0.1, 0.15) is 64.7 Å².